The van der Waals surface area contributed by atoms with E-state index in [1.165, 1.54) is 12.1 Å². The third-order valence-electron chi connectivity index (χ3n) is 3.06. The second-order valence-corrected chi connectivity index (χ2v) is 5.49. The number of carbonyl (C=O) groups excluding carboxylic acids is 1. The maximum Gasteiger partial charge on any atom is 0.224 e. The number of unbranched alkanes of at least 4 members (excludes halogenated alkanes) is 3. The molecule has 0 fully saturated rings. The molecular formula is C16H26FN3O. The molecule has 0 saturated heterocycles. The highest BCUT2D eigenvalue weighted by Crippen LogP contribution is 2.24. The number of hydrogen-bond donors (Lipinski definition) is 3. The minimum Gasteiger partial charge on any atom is -0.381 e. The van der Waals surface area contributed by atoms with Crippen molar-refractivity contribution in [2.45, 2.75) is 52.0 Å². The molecular weight excluding hydrogens is 269 g/mol. The van der Waals surface area contributed by atoms with Crippen LogP contribution in [0.1, 0.15) is 46.0 Å². The van der Waals surface area contributed by atoms with Crippen LogP contribution in [-0.4, -0.2) is 18.5 Å². The van der Waals surface area contributed by atoms with Gasteiger partial charge in [0.05, 0.1) is 11.4 Å². The average Bonchev–Trinajstić information content (AvgIpc) is 2.41. The Bertz CT molecular complexity index is 449. The molecule has 21 heavy (non-hydrogen) atoms. The van der Waals surface area contributed by atoms with Crippen molar-refractivity contribution in [1.29, 1.82) is 0 Å². The first-order valence-electron chi connectivity index (χ1n) is 7.59. The van der Waals surface area contributed by atoms with Crippen molar-refractivity contribution in [2.24, 2.45) is 5.73 Å². The topological polar surface area (TPSA) is 67.1 Å². The molecule has 1 amide bonds. The van der Waals surface area contributed by atoms with Crippen LogP contribution in [0.5, 0.6) is 0 Å². The number of amides is 1. The Labute approximate surface area is 126 Å². The SMILES string of the molecule is CC(C)Nc1cc(F)ccc1NC(=O)CCCCCCN. The first kappa shape index (κ1) is 17.4. The number of benzene rings is 1. The highest BCUT2D eigenvalue weighted by molar-refractivity contribution is 5.94. The van der Waals surface area contributed by atoms with Gasteiger partial charge in [-0.3, -0.25) is 4.79 Å². The van der Waals surface area contributed by atoms with Gasteiger partial charge in [0.25, 0.3) is 0 Å². The maximum atomic E-state index is 13.3. The van der Waals surface area contributed by atoms with Crippen molar-refractivity contribution in [3.8, 4) is 0 Å². The highest BCUT2D eigenvalue weighted by atomic mass is 19.1. The van der Waals surface area contributed by atoms with Crippen LogP contribution in [0.3, 0.4) is 0 Å². The Hall–Kier alpha value is -1.62. The third-order valence-corrected chi connectivity index (χ3v) is 3.06. The summed E-state index contributed by atoms with van der Waals surface area (Å²) in [6, 6.07) is 4.50. The van der Waals surface area contributed by atoms with Crippen LogP contribution in [0.15, 0.2) is 18.2 Å². The summed E-state index contributed by atoms with van der Waals surface area (Å²) in [7, 11) is 0. The van der Waals surface area contributed by atoms with Crippen LogP contribution in [0.2, 0.25) is 0 Å². The van der Waals surface area contributed by atoms with Crippen LogP contribution in [0, 0.1) is 5.82 Å². The number of carbonyl (C=O) groups is 1. The van der Waals surface area contributed by atoms with Gasteiger partial charge < -0.3 is 16.4 Å². The van der Waals surface area contributed by atoms with Gasteiger partial charge in [0.2, 0.25) is 5.91 Å². The fourth-order valence-corrected chi connectivity index (χ4v) is 2.05. The molecule has 0 aromatic heterocycles. The van der Waals surface area contributed by atoms with E-state index in [0.717, 1.165) is 25.7 Å². The lowest BCUT2D eigenvalue weighted by atomic mass is 10.1. The van der Waals surface area contributed by atoms with Crippen molar-refractivity contribution in [3.05, 3.63) is 24.0 Å². The Morgan fingerprint density at radius 3 is 2.57 bits per heavy atom. The summed E-state index contributed by atoms with van der Waals surface area (Å²) in [4.78, 5) is 11.9. The van der Waals surface area contributed by atoms with Crippen LogP contribution in [0.25, 0.3) is 0 Å². The van der Waals surface area contributed by atoms with E-state index >= 15 is 0 Å². The van der Waals surface area contributed by atoms with Gasteiger partial charge in [0.15, 0.2) is 0 Å². The van der Waals surface area contributed by atoms with E-state index in [0.29, 0.717) is 24.3 Å². The maximum absolute atomic E-state index is 13.3. The van der Waals surface area contributed by atoms with E-state index in [1.807, 2.05) is 13.8 Å². The van der Waals surface area contributed by atoms with Crippen LogP contribution in [-0.2, 0) is 4.79 Å². The van der Waals surface area contributed by atoms with Crippen molar-refractivity contribution < 1.29 is 9.18 Å². The van der Waals surface area contributed by atoms with Gasteiger partial charge in [-0.1, -0.05) is 12.8 Å². The van der Waals surface area contributed by atoms with E-state index in [9.17, 15) is 9.18 Å². The van der Waals surface area contributed by atoms with Crippen molar-refractivity contribution in [3.63, 3.8) is 0 Å². The minimum atomic E-state index is -0.321. The molecule has 0 aliphatic rings. The quantitative estimate of drug-likeness (QED) is 0.611. The molecule has 0 saturated carbocycles. The summed E-state index contributed by atoms with van der Waals surface area (Å²) in [5.74, 6) is -0.362. The van der Waals surface area contributed by atoms with E-state index in [2.05, 4.69) is 10.6 Å². The molecule has 1 rings (SSSR count). The summed E-state index contributed by atoms with van der Waals surface area (Å²) < 4.78 is 13.3. The van der Waals surface area contributed by atoms with Gasteiger partial charge in [-0.15, -0.1) is 0 Å². The molecule has 0 spiro atoms. The predicted octanol–water partition coefficient (Wildman–Crippen LogP) is 3.49. The van der Waals surface area contributed by atoms with E-state index in [1.54, 1.807) is 6.07 Å². The first-order valence-corrected chi connectivity index (χ1v) is 7.59. The standard InChI is InChI=1S/C16H26FN3O/c1-12(2)19-15-11-13(17)8-9-14(15)20-16(21)7-5-3-4-6-10-18/h8-9,11-12,19H,3-7,10,18H2,1-2H3,(H,20,21). The van der Waals surface area contributed by atoms with Crippen molar-refractivity contribution >= 4 is 17.3 Å². The molecule has 0 aliphatic heterocycles. The zero-order valence-corrected chi connectivity index (χ0v) is 12.9. The number of nitrogens with one attached hydrogen (secondary N) is 2. The van der Waals surface area contributed by atoms with E-state index < -0.39 is 0 Å². The molecule has 0 unspecified atom stereocenters. The van der Waals surface area contributed by atoms with Gasteiger partial charge in [0.1, 0.15) is 5.82 Å². The largest absolute Gasteiger partial charge is 0.381 e. The Kier molecular flexibility index (Phi) is 7.75. The number of anilines is 2. The van der Waals surface area contributed by atoms with Gasteiger partial charge >= 0.3 is 0 Å². The molecule has 0 radical (unpaired) electrons. The summed E-state index contributed by atoms with van der Waals surface area (Å²) in [6.45, 7) is 4.63. The highest BCUT2D eigenvalue weighted by Gasteiger charge is 2.09. The summed E-state index contributed by atoms with van der Waals surface area (Å²) >= 11 is 0. The molecule has 118 valence electrons. The van der Waals surface area contributed by atoms with Crippen LogP contribution < -0.4 is 16.4 Å². The molecule has 0 bridgehead atoms. The fraction of sp³-hybridized carbons (Fsp3) is 0.562. The number of hydrogen-bond acceptors (Lipinski definition) is 3. The minimum absolute atomic E-state index is 0.0406. The van der Waals surface area contributed by atoms with E-state index in [4.69, 9.17) is 5.73 Å². The molecule has 0 atom stereocenters. The number of nitrogens with two attached hydrogens (primary N) is 1. The first-order chi connectivity index (χ1) is 10.0. The fourth-order valence-electron chi connectivity index (χ4n) is 2.05. The second kappa shape index (κ2) is 9.34. The summed E-state index contributed by atoms with van der Waals surface area (Å²) in [6.07, 6.45) is 4.39. The van der Waals surface area contributed by atoms with Gasteiger partial charge in [-0.25, -0.2) is 4.39 Å². The molecule has 0 aliphatic carbocycles. The smallest absolute Gasteiger partial charge is 0.224 e. The molecule has 4 nitrogen and oxygen atoms in total. The van der Waals surface area contributed by atoms with Crippen molar-refractivity contribution in [1.82, 2.24) is 0 Å². The number of rotatable bonds is 9. The lowest BCUT2D eigenvalue weighted by molar-refractivity contribution is -0.116. The second-order valence-electron chi connectivity index (χ2n) is 5.49. The summed E-state index contributed by atoms with van der Waals surface area (Å²) in [5.41, 5.74) is 6.66. The molecule has 1 aromatic rings. The van der Waals surface area contributed by atoms with Gasteiger partial charge in [-0.05, 0) is 51.4 Å². The molecule has 4 N–H and O–H groups in total. The zero-order valence-electron chi connectivity index (χ0n) is 12.9. The third kappa shape index (κ3) is 7.09. The van der Waals surface area contributed by atoms with Crippen LogP contribution in [0.4, 0.5) is 15.8 Å². The lowest BCUT2D eigenvalue weighted by Gasteiger charge is -2.15. The molecule has 5 heteroatoms. The summed E-state index contributed by atoms with van der Waals surface area (Å²) in [5, 5.41) is 5.98. The van der Waals surface area contributed by atoms with E-state index in [-0.39, 0.29) is 17.8 Å². The Morgan fingerprint density at radius 2 is 1.90 bits per heavy atom. The van der Waals surface area contributed by atoms with Gasteiger partial charge in [-0.2, -0.15) is 0 Å². The predicted molar refractivity (Wildman–Crippen MR) is 85.9 cm³/mol. The lowest BCUT2D eigenvalue weighted by Crippen LogP contribution is -2.16. The number of halogens is 1. The molecule has 1 aromatic carbocycles. The normalized spacial score (nSPS) is 10.7. The van der Waals surface area contributed by atoms with Crippen molar-refractivity contribution in [2.75, 3.05) is 17.2 Å². The van der Waals surface area contributed by atoms with Crippen LogP contribution >= 0.6 is 0 Å². The Morgan fingerprint density at radius 1 is 1.19 bits per heavy atom. The Balaban J connectivity index is 2.51. The van der Waals surface area contributed by atoms with Gasteiger partial charge in [0, 0.05) is 12.5 Å². The average molecular weight is 295 g/mol. The molecule has 0 heterocycles. The monoisotopic (exact) mass is 295 g/mol. The zero-order chi connectivity index (χ0) is 15.7.